The Labute approximate surface area is 339 Å². The zero-order chi connectivity index (χ0) is 40.6. The number of piperidine rings is 1. The molecule has 4 aliphatic heterocycles. The van der Waals surface area contributed by atoms with Gasteiger partial charge in [0.2, 0.25) is 17.8 Å². The van der Waals surface area contributed by atoms with E-state index in [1.54, 1.807) is 6.07 Å². The molecule has 2 atom stereocenters. The highest BCUT2D eigenvalue weighted by atomic mass is 35.5. The third-order valence-corrected chi connectivity index (χ3v) is 12.5. The highest BCUT2D eigenvalue weighted by Crippen LogP contribution is 2.45. The van der Waals surface area contributed by atoms with Gasteiger partial charge >= 0.3 is 0 Å². The predicted octanol–water partition coefficient (Wildman–Crippen LogP) is 6.22. The maximum absolute atomic E-state index is 15.3. The third kappa shape index (κ3) is 6.37. The Balaban J connectivity index is 0.841. The maximum Gasteiger partial charge on any atom is 0.282 e. The average Bonchev–Trinajstić information content (AvgIpc) is 3.41. The Hall–Kier alpha value is -5.47. The van der Waals surface area contributed by atoms with Gasteiger partial charge < -0.3 is 14.7 Å². The number of imide groups is 1. The Morgan fingerprint density at radius 2 is 1.50 bits per heavy atom. The normalized spacial score (nSPS) is 20.9. The van der Waals surface area contributed by atoms with Gasteiger partial charge in [0, 0.05) is 100 Å². The molecule has 0 bridgehead atoms. The van der Waals surface area contributed by atoms with Crippen LogP contribution in [0.25, 0.3) is 16.6 Å². The fourth-order valence-electron chi connectivity index (χ4n) is 9.29. The second-order valence-electron chi connectivity index (χ2n) is 16.4. The van der Waals surface area contributed by atoms with Crippen LogP contribution >= 0.6 is 11.6 Å². The van der Waals surface area contributed by atoms with Crippen molar-refractivity contribution in [2.24, 2.45) is 0 Å². The first kappa shape index (κ1) is 38.1. The Morgan fingerprint density at radius 1 is 0.828 bits per heavy atom. The molecule has 0 radical (unpaired) electrons. The minimum atomic E-state index is -0.932. The van der Waals surface area contributed by atoms with E-state index in [1.807, 2.05) is 36.4 Å². The van der Waals surface area contributed by atoms with Crippen molar-refractivity contribution in [1.82, 2.24) is 24.4 Å². The molecule has 2 amide bonds. The van der Waals surface area contributed by atoms with Crippen molar-refractivity contribution < 1.29 is 18.4 Å². The highest BCUT2D eigenvalue weighted by Gasteiger charge is 2.40. The molecule has 0 unspecified atom stereocenters. The summed E-state index contributed by atoms with van der Waals surface area (Å²) in [5, 5.41) is 0.830. The van der Waals surface area contributed by atoms with E-state index < -0.39 is 34.6 Å². The van der Waals surface area contributed by atoms with Crippen LogP contribution in [-0.2, 0) is 21.5 Å². The maximum atomic E-state index is 15.3. The summed E-state index contributed by atoms with van der Waals surface area (Å²) in [6, 6.07) is 14.6. The van der Waals surface area contributed by atoms with E-state index in [4.69, 9.17) is 21.6 Å². The molecule has 12 nitrogen and oxygen atoms in total. The van der Waals surface area contributed by atoms with Crippen molar-refractivity contribution in [1.29, 1.82) is 0 Å². The molecular formula is C43H44ClF2N9O3. The smallest absolute Gasteiger partial charge is 0.282 e. The van der Waals surface area contributed by atoms with Gasteiger partial charge in [0.1, 0.15) is 11.5 Å². The van der Waals surface area contributed by atoms with Crippen LogP contribution in [0.2, 0.25) is 5.02 Å². The number of hydrogen-bond acceptors (Lipinski definition) is 10. The van der Waals surface area contributed by atoms with Gasteiger partial charge in [-0.25, -0.2) is 23.6 Å². The van der Waals surface area contributed by atoms with Crippen LogP contribution < -0.4 is 25.2 Å². The van der Waals surface area contributed by atoms with Crippen LogP contribution in [0.4, 0.5) is 31.8 Å². The number of nitrogens with zero attached hydrogens (tertiary/aromatic N) is 9. The van der Waals surface area contributed by atoms with Crippen molar-refractivity contribution in [2.75, 3.05) is 58.9 Å². The van der Waals surface area contributed by atoms with Gasteiger partial charge in [0.25, 0.3) is 5.56 Å². The number of aromatic nitrogens is 4. The topological polar surface area (TPSA) is 111 Å². The zero-order valence-electron chi connectivity index (χ0n) is 32.9. The molecule has 3 aromatic carbocycles. The molecule has 2 aromatic heterocycles. The largest absolute Gasteiger partial charge is 0.366 e. The van der Waals surface area contributed by atoms with E-state index in [0.29, 0.717) is 65.4 Å². The first-order valence-electron chi connectivity index (χ1n) is 19.8. The Kier molecular flexibility index (Phi) is 9.46. The van der Waals surface area contributed by atoms with Crippen molar-refractivity contribution in [3.63, 3.8) is 0 Å². The molecule has 3 fully saturated rings. The minimum absolute atomic E-state index is 0.0800. The van der Waals surface area contributed by atoms with Gasteiger partial charge in [0.05, 0.1) is 27.0 Å². The van der Waals surface area contributed by atoms with Gasteiger partial charge in [-0.3, -0.25) is 23.9 Å². The predicted molar refractivity (Wildman–Crippen MR) is 220 cm³/mol. The van der Waals surface area contributed by atoms with E-state index >= 15 is 8.78 Å². The summed E-state index contributed by atoms with van der Waals surface area (Å²) in [7, 11) is 0. The zero-order valence-corrected chi connectivity index (χ0v) is 33.6. The van der Waals surface area contributed by atoms with E-state index in [2.05, 4.69) is 63.2 Å². The molecule has 4 aliphatic rings. The standard InChI is InChI=1S/C43H44ClF2N9O3/c1-25-22-50(13-15-52(25)28-11-12-30-35(19-28)54-34-8-5-7-31(44)38(34)40(58)49-41(54)43(30,3)4)24-27-20-47-42(48-21-27)51-14-16-53(26(2)23-51)29-17-32(45)39(33(46)18-29)55-36(56)9-6-10-37(55)57/h5,7-8,11-12,17-21,25-26H,6,9-10,13-16,22-24H2,1-4H3/t25-,26+/m1/s1. The number of rotatable bonds is 6. The summed E-state index contributed by atoms with van der Waals surface area (Å²) in [4.78, 5) is 61.3. The lowest BCUT2D eigenvalue weighted by Gasteiger charge is -2.42. The second-order valence-corrected chi connectivity index (χ2v) is 16.8. The molecule has 15 heteroatoms. The summed E-state index contributed by atoms with van der Waals surface area (Å²) in [6.45, 7) is 13.2. The minimum Gasteiger partial charge on any atom is -0.366 e. The van der Waals surface area contributed by atoms with Crippen molar-refractivity contribution in [3.05, 3.63) is 105 Å². The molecule has 3 saturated heterocycles. The van der Waals surface area contributed by atoms with Gasteiger partial charge in [-0.2, -0.15) is 4.98 Å². The van der Waals surface area contributed by atoms with Gasteiger partial charge in [-0.15, -0.1) is 0 Å². The first-order chi connectivity index (χ1) is 27.8. The summed E-state index contributed by atoms with van der Waals surface area (Å²) < 4.78 is 32.7. The van der Waals surface area contributed by atoms with Crippen LogP contribution in [0.1, 0.15) is 63.9 Å². The van der Waals surface area contributed by atoms with Crippen molar-refractivity contribution >= 4 is 57.3 Å². The third-order valence-electron chi connectivity index (χ3n) is 12.2. The number of hydrogen-bond donors (Lipinski definition) is 0. The van der Waals surface area contributed by atoms with Crippen molar-refractivity contribution in [2.45, 2.75) is 71.0 Å². The molecule has 0 aliphatic carbocycles. The number of halogens is 3. The van der Waals surface area contributed by atoms with Crippen LogP contribution in [0.15, 0.2) is 65.7 Å². The molecule has 5 aromatic rings. The van der Waals surface area contributed by atoms with Gasteiger partial charge in [-0.05, 0) is 76.1 Å². The molecule has 300 valence electrons. The quantitative estimate of drug-likeness (QED) is 0.184. The number of anilines is 4. The fraction of sp³-hybridized carbons (Fsp3) is 0.395. The van der Waals surface area contributed by atoms with Crippen molar-refractivity contribution in [3.8, 4) is 5.69 Å². The highest BCUT2D eigenvalue weighted by molar-refractivity contribution is 6.35. The summed E-state index contributed by atoms with van der Waals surface area (Å²) in [5.41, 5.74) is 4.02. The SMILES string of the molecule is C[C@@H]1CN(Cc2cnc(N3CCN(c4cc(F)c(N5C(=O)CCCC5=O)c(F)c4)[C@@H](C)C3)nc2)CCN1c1ccc2c(c1)-n1c(nc(=O)c3c(Cl)cccc31)C2(C)C. The molecule has 0 spiro atoms. The lowest BCUT2D eigenvalue weighted by Crippen LogP contribution is -2.52. The molecule has 9 rings (SSSR count). The lowest BCUT2D eigenvalue weighted by atomic mass is 9.85. The Bertz CT molecular complexity index is 2510. The van der Waals surface area contributed by atoms with E-state index in [1.165, 1.54) is 12.1 Å². The van der Waals surface area contributed by atoms with E-state index in [9.17, 15) is 14.4 Å². The molecule has 6 heterocycles. The second kappa shape index (κ2) is 14.4. The van der Waals surface area contributed by atoms with Crippen LogP contribution in [0, 0.1) is 11.6 Å². The van der Waals surface area contributed by atoms with E-state index in [-0.39, 0.29) is 30.5 Å². The van der Waals surface area contributed by atoms with Crippen LogP contribution in [0.3, 0.4) is 0 Å². The summed E-state index contributed by atoms with van der Waals surface area (Å²) in [5.74, 6) is -1.73. The number of amides is 2. The molecule has 0 saturated carbocycles. The fourth-order valence-corrected chi connectivity index (χ4v) is 9.54. The number of piperazine rings is 2. The number of benzene rings is 3. The monoisotopic (exact) mass is 807 g/mol. The summed E-state index contributed by atoms with van der Waals surface area (Å²) in [6.07, 6.45) is 4.29. The Morgan fingerprint density at radius 3 is 2.19 bits per heavy atom. The molecule has 0 N–H and O–H groups in total. The number of carbonyl (C=O) groups is 2. The van der Waals surface area contributed by atoms with Gasteiger partial charge in [0.15, 0.2) is 11.6 Å². The van der Waals surface area contributed by atoms with Crippen LogP contribution in [-0.4, -0.2) is 87.6 Å². The molecular weight excluding hydrogens is 764 g/mol. The van der Waals surface area contributed by atoms with Crippen LogP contribution in [0.5, 0.6) is 0 Å². The molecule has 58 heavy (non-hydrogen) atoms. The van der Waals surface area contributed by atoms with Gasteiger partial charge in [-0.1, -0.05) is 23.7 Å². The average molecular weight is 808 g/mol. The van der Waals surface area contributed by atoms with E-state index in [0.717, 1.165) is 47.7 Å². The lowest BCUT2D eigenvalue weighted by molar-refractivity contribution is -0.129. The summed E-state index contributed by atoms with van der Waals surface area (Å²) >= 11 is 6.50. The number of carbonyl (C=O) groups excluding carboxylic acids is 2. The number of fused-ring (bicyclic) bond motifs is 5. The first-order valence-corrected chi connectivity index (χ1v) is 20.2.